The quantitative estimate of drug-likeness (QED) is 0.770. The second-order valence-electron chi connectivity index (χ2n) is 6.00. The monoisotopic (exact) mass is 383 g/mol. The molecule has 0 saturated heterocycles. The molecule has 0 fully saturated rings. The minimum Gasteiger partial charge on any atom is -0.352 e. The van der Waals surface area contributed by atoms with Crippen LogP contribution in [-0.4, -0.2) is 24.9 Å². The molecule has 1 amide bonds. The summed E-state index contributed by atoms with van der Waals surface area (Å²) in [6, 6.07) is 17.6. The normalized spacial score (nSPS) is 11.2. The zero-order chi connectivity index (χ0) is 16.7. The standard InChI is InChI=1S/C19H25N3O.2ClH/c1-22(2)14-17-11-7-6-10-16(17)13-21-19(23)12-18(20)15-8-4-3-5-9-15;;/h3-11,18H,12-14,20H2,1-2H3,(H,21,23);2*1H. The van der Waals surface area contributed by atoms with Crippen LogP contribution in [0.25, 0.3) is 0 Å². The molecule has 3 N–H and O–H groups in total. The molecule has 2 aromatic rings. The van der Waals surface area contributed by atoms with E-state index in [1.807, 2.05) is 56.6 Å². The molecule has 0 radical (unpaired) electrons. The van der Waals surface area contributed by atoms with Crippen LogP contribution in [0.4, 0.5) is 0 Å². The molecule has 138 valence electrons. The largest absolute Gasteiger partial charge is 0.352 e. The number of hydrogen-bond donors (Lipinski definition) is 2. The predicted octanol–water partition coefficient (Wildman–Crippen LogP) is 3.30. The topological polar surface area (TPSA) is 58.4 Å². The highest BCUT2D eigenvalue weighted by Gasteiger charge is 2.12. The van der Waals surface area contributed by atoms with Gasteiger partial charge in [0.15, 0.2) is 0 Å². The van der Waals surface area contributed by atoms with E-state index in [1.165, 1.54) is 5.56 Å². The zero-order valence-electron chi connectivity index (χ0n) is 14.6. The summed E-state index contributed by atoms with van der Waals surface area (Å²) < 4.78 is 0. The Labute approximate surface area is 162 Å². The van der Waals surface area contributed by atoms with Crippen molar-refractivity contribution in [2.75, 3.05) is 14.1 Å². The maximum Gasteiger partial charge on any atom is 0.222 e. The van der Waals surface area contributed by atoms with Gasteiger partial charge >= 0.3 is 0 Å². The number of hydrogen-bond acceptors (Lipinski definition) is 3. The van der Waals surface area contributed by atoms with Gasteiger partial charge in [-0.15, -0.1) is 24.8 Å². The lowest BCUT2D eigenvalue weighted by molar-refractivity contribution is -0.121. The minimum absolute atomic E-state index is 0. The molecule has 0 aliphatic carbocycles. The SMILES string of the molecule is CN(C)Cc1ccccc1CNC(=O)CC(N)c1ccccc1.Cl.Cl. The molecule has 4 nitrogen and oxygen atoms in total. The van der Waals surface area contributed by atoms with Crippen molar-refractivity contribution < 1.29 is 4.79 Å². The van der Waals surface area contributed by atoms with Gasteiger partial charge in [0.05, 0.1) is 0 Å². The van der Waals surface area contributed by atoms with Crippen LogP contribution in [0.2, 0.25) is 0 Å². The van der Waals surface area contributed by atoms with Gasteiger partial charge in [-0.1, -0.05) is 54.6 Å². The van der Waals surface area contributed by atoms with Gasteiger partial charge in [0.1, 0.15) is 0 Å². The van der Waals surface area contributed by atoms with Gasteiger partial charge in [0, 0.05) is 25.6 Å². The third-order valence-electron chi connectivity index (χ3n) is 3.71. The molecule has 0 spiro atoms. The summed E-state index contributed by atoms with van der Waals surface area (Å²) in [5.41, 5.74) is 9.44. The molecule has 0 aliphatic heterocycles. The van der Waals surface area contributed by atoms with Crippen molar-refractivity contribution in [3.05, 3.63) is 71.3 Å². The molecule has 0 bridgehead atoms. The van der Waals surface area contributed by atoms with Crippen molar-refractivity contribution in [3.8, 4) is 0 Å². The highest BCUT2D eigenvalue weighted by molar-refractivity contribution is 5.85. The van der Waals surface area contributed by atoms with Crippen LogP contribution in [0.3, 0.4) is 0 Å². The van der Waals surface area contributed by atoms with Crippen LogP contribution in [0.1, 0.15) is 29.2 Å². The van der Waals surface area contributed by atoms with E-state index in [4.69, 9.17) is 5.73 Å². The molecule has 2 rings (SSSR count). The second kappa shape index (κ2) is 11.9. The highest BCUT2D eigenvalue weighted by atomic mass is 35.5. The number of benzene rings is 2. The second-order valence-corrected chi connectivity index (χ2v) is 6.00. The first-order valence-corrected chi connectivity index (χ1v) is 7.85. The zero-order valence-corrected chi connectivity index (χ0v) is 16.3. The summed E-state index contributed by atoms with van der Waals surface area (Å²) in [4.78, 5) is 14.2. The Kier molecular flexibility index (Phi) is 11.1. The van der Waals surface area contributed by atoms with Gasteiger partial charge in [-0.3, -0.25) is 4.79 Å². The summed E-state index contributed by atoms with van der Waals surface area (Å²) in [5.74, 6) is -0.0268. The first-order valence-electron chi connectivity index (χ1n) is 7.85. The fourth-order valence-electron chi connectivity index (χ4n) is 2.51. The summed E-state index contributed by atoms with van der Waals surface area (Å²) >= 11 is 0. The van der Waals surface area contributed by atoms with Gasteiger partial charge in [-0.2, -0.15) is 0 Å². The Morgan fingerprint density at radius 1 is 1.00 bits per heavy atom. The number of nitrogens with two attached hydrogens (primary N) is 1. The third-order valence-corrected chi connectivity index (χ3v) is 3.71. The molecular formula is C19H27Cl2N3O. The summed E-state index contributed by atoms with van der Waals surface area (Å²) in [7, 11) is 4.07. The fraction of sp³-hybridized carbons (Fsp3) is 0.316. The van der Waals surface area contributed by atoms with Crippen molar-refractivity contribution >= 4 is 30.7 Å². The Morgan fingerprint density at radius 2 is 1.56 bits per heavy atom. The van der Waals surface area contributed by atoms with Crippen LogP contribution in [0.15, 0.2) is 54.6 Å². The molecule has 0 heterocycles. The number of nitrogens with zero attached hydrogens (tertiary/aromatic N) is 1. The molecule has 6 heteroatoms. The summed E-state index contributed by atoms with van der Waals surface area (Å²) in [6.45, 7) is 1.39. The average molecular weight is 384 g/mol. The maximum atomic E-state index is 12.1. The first-order chi connectivity index (χ1) is 11.1. The van der Waals surface area contributed by atoms with Gasteiger partial charge in [-0.05, 0) is 30.8 Å². The van der Waals surface area contributed by atoms with Gasteiger partial charge < -0.3 is 16.0 Å². The molecule has 25 heavy (non-hydrogen) atoms. The minimum atomic E-state index is -0.270. The van der Waals surface area contributed by atoms with E-state index in [2.05, 4.69) is 22.3 Å². The van der Waals surface area contributed by atoms with Crippen LogP contribution in [0, 0.1) is 0 Å². The van der Waals surface area contributed by atoms with E-state index in [0.29, 0.717) is 13.0 Å². The smallest absolute Gasteiger partial charge is 0.222 e. The van der Waals surface area contributed by atoms with Gasteiger partial charge in [0.2, 0.25) is 5.91 Å². The number of nitrogens with one attached hydrogen (secondary N) is 1. The number of carbonyl (C=O) groups excluding carboxylic acids is 1. The van der Waals surface area contributed by atoms with Crippen molar-refractivity contribution in [2.45, 2.75) is 25.6 Å². The number of rotatable bonds is 7. The van der Waals surface area contributed by atoms with Crippen molar-refractivity contribution in [2.24, 2.45) is 5.73 Å². The van der Waals surface area contributed by atoms with E-state index < -0.39 is 0 Å². The van der Waals surface area contributed by atoms with Crippen LogP contribution in [-0.2, 0) is 17.9 Å². The number of carbonyl (C=O) groups is 1. The molecule has 1 atom stereocenters. The van der Waals surface area contributed by atoms with E-state index in [9.17, 15) is 4.79 Å². The van der Waals surface area contributed by atoms with Crippen molar-refractivity contribution in [3.63, 3.8) is 0 Å². The first kappa shape index (κ1) is 23.4. The molecular weight excluding hydrogens is 357 g/mol. The highest BCUT2D eigenvalue weighted by Crippen LogP contribution is 2.14. The molecule has 0 saturated carbocycles. The summed E-state index contributed by atoms with van der Waals surface area (Å²) in [5, 5.41) is 2.98. The van der Waals surface area contributed by atoms with Crippen LogP contribution >= 0.6 is 24.8 Å². The average Bonchev–Trinajstić information content (AvgIpc) is 2.54. The maximum absolute atomic E-state index is 12.1. The van der Waals surface area contributed by atoms with Crippen LogP contribution in [0.5, 0.6) is 0 Å². The number of halogens is 2. The molecule has 1 unspecified atom stereocenters. The predicted molar refractivity (Wildman–Crippen MR) is 108 cm³/mol. The van der Waals surface area contributed by atoms with Crippen molar-refractivity contribution in [1.29, 1.82) is 0 Å². The van der Waals surface area contributed by atoms with E-state index in [1.54, 1.807) is 0 Å². The lowest BCUT2D eigenvalue weighted by Gasteiger charge is -2.16. The van der Waals surface area contributed by atoms with E-state index in [-0.39, 0.29) is 36.8 Å². The third kappa shape index (κ3) is 7.88. The molecule has 2 aromatic carbocycles. The molecule has 0 aliphatic rings. The Bertz CT molecular complexity index is 636. The van der Waals surface area contributed by atoms with E-state index >= 15 is 0 Å². The Morgan fingerprint density at radius 3 is 2.16 bits per heavy atom. The fourth-order valence-corrected chi connectivity index (χ4v) is 2.51. The Hall–Kier alpha value is -1.59. The van der Waals surface area contributed by atoms with Gasteiger partial charge in [-0.25, -0.2) is 0 Å². The molecule has 0 aromatic heterocycles. The van der Waals surface area contributed by atoms with Gasteiger partial charge in [0.25, 0.3) is 0 Å². The number of amides is 1. The lowest BCUT2D eigenvalue weighted by Crippen LogP contribution is -2.27. The summed E-state index contributed by atoms with van der Waals surface area (Å²) in [6.07, 6.45) is 0.292. The lowest BCUT2D eigenvalue weighted by atomic mass is 10.0. The Balaban J connectivity index is 0.00000288. The van der Waals surface area contributed by atoms with Crippen molar-refractivity contribution in [1.82, 2.24) is 10.2 Å². The van der Waals surface area contributed by atoms with Crippen LogP contribution < -0.4 is 11.1 Å². The van der Waals surface area contributed by atoms with E-state index in [0.717, 1.165) is 17.7 Å².